The van der Waals surface area contributed by atoms with Crippen LogP contribution in [-0.4, -0.2) is 49.6 Å². The van der Waals surface area contributed by atoms with Gasteiger partial charge >= 0.3 is 0 Å². The lowest BCUT2D eigenvalue weighted by Crippen LogP contribution is -2.47. The van der Waals surface area contributed by atoms with Gasteiger partial charge in [-0.2, -0.15) is 0 Å². The molecule has 0 aromatic heterocycles. The molecule has 0 saturated carbocycles. The number of unbranched alkanes of at least 4 members (excludes halogenated alkanes) is 1. The monoisotopic (exact) mass is 516 g/mol. The van der Waals surface area contributed by atoms with Gasteiger partial charge in [-0.3, -0.25) is 9.79 Å². The van der Waals surface area contributed by atoms with Crippen LogP contribution < -0.4 is 15.8 Å². The van der Waals surface area contributed by atoms with Crippen molar-refractivity contribution >= 4 is 35.8 Å². The number of likely N-dealkylation sites (tertiary alicyclic amines) is 1. The first-order chi connectivity index (χ1) is 13.6. The van der Waals surface area contributed by atoms with Crippen LogP contribution in [0.2, 0.25) is 0 Å². The van der Waals surface area contributed by atoms with Crippen LogP contribution in [0, 0.1) is 5.92 Å². The van der Waals surface area contributed by atoms with E-state index in [0.717, 1.165) is 76.6 Å². The number of ether oxygens (including phenoxy) is 1. The number of hydrogen-bond acceptors (Lipinski definition) is 3. The quantitative estimate of drug-likeness (QED) is 0.216. The summed E-state index contributed by atoms with van der Waals surface area (Å²) in [6.45, 7) is 8.41. The molecule has 29 heavy (non-hydrogen) atoms. The Kier molecular flexibility index (Phi) is 12.7. The van der Waals surface area contributed by atoms with Gasteiger partial charge in [0.05, 0.1) is 6.61 Å². The second kappa shape index (κ2) is 14.5. The van der Waals surface area contributed by atoms with Crippen LogP contribution in [-0.2, 0) is 11.2 Å². The number of primary amides is 1. The van der Waals surface area contributed by atoms with Crippen molar-refractivity contribution in [3.63, 3.8) is 0 Å². The number of amides is 1. The molecule has 1 fully saturated rings. The zero-order valence-electron chi connectivity index (χ0n) is 17.9. The number of nitrogens with two attached hydrogens (primary N) is 1. The van der Waals surface area contributed by atoms with Crippen molar-refractivity contribution in [2.75, 3.05) is 32.8 Å². The smallest absolute Gasteiger partial charge is 0.217 e. The maximum atomic E-state index is 11.2. The van der Waals surface area contributed by atoms with Crippen molar-refractivity contribution in [3.8, 4) is 5.75 Å². The van der Waals surface area contributed by atoms with Crippen molar-refractivity contribution in [2.24, 2.45) is 16.6 Å². The molecule has 6 nitrogen and oxygen atoms in total. The number of carbonyl (C=O) groups excluding carboxylic acids is 1. The fourth-order valence-electron chi connectivity index (χ4n) is 3.51. The van der Waals surface area contributed by atoms with E-state index in [-0.39, 0.29) is 29.9 Å². The van der Waals surface area contributed by atoms with Crippen LogP contribution in [0.3, 0.4) is 0 Å². The van der Waals surface area contributed by atoms with Crippen molar-refractivity contribution in [1.82, 2.24) is 10.2 Å². The summed E-state index contributed by atoms with van der Waals surface area (Å²) in [5.41, 5.74) is 6.64. The first-order valence-corrected chi connectivity index (χ1v) is 10.7. The Morgan fingerprint density at radius 3 is 2.72 bits per heavy atom. The van der Waals surface area contributed by atoms with Crippen molar-refractivity contribution < 1.29 is 9.53 Å². The summed E-state index contributed by atoms with van der Waals surface area (Å²) < 4.78 is 5.72. The van der Waals surface area contributed by atoms with E-state index in [1.807, 2.05) is 12.1 Å². The molecule has 0 aliphatic carbocycles. The summed E-state index contributed by atoms with van der Waals surface area (Å²) in [5.74, 6) is 1.99. The van der Waals surface area contributed by atoms with Gasteiger partial charge in [-0.1, -0.05) is 25.5 Å². The number of piperidine rings is 1. The molecular formula is C22H37IN4O2. The lowest BCUT2D eigenvalue weighted by atomic mass is 9.95. The number of nitrogens with one attached hydrogen (secondary N) is 1. The highest BCUT2D eigenvalue weighted by molar-refractivity contribution is 14.0. The van der Waals surface area contributed by atoms with E-state index in [1.54, 1.807) is 0 Å². The molecule has 1 atom stereocenters. The maximum absolute atomic E-state index is 11.2. The number of aliphatic imine (C=N–C) groups is 1. The molecule has 3 N–H and O–H groups in total. The van der Waals surface area contributed by atoms with Crippen LogP contribution in [0.25, 0.3) is 0 Å². The number of halogens is 1. The maximum Gasteiger partial charge on any atom is 0.217 e. The predicted molar refractivity (Wildman–Crippen MR) is 130 cm³/mol. The average Bonchev–Trinajstić information content (AvgIpc) is 2.68. The average molecular weight is 516 g/mol. The van der Waals surface area contributed by atoms with E-state index in [2.05, 4.69) is 36.2 Å². The van der Waals surface area contributed by atoms with E-state index in [9.17, 15) is 4.79 Å². The molecular weight excluding hydrogens is 479 g/mol. The van der Waals surface area contributed by atoms with Crippen molar-refractivity contribution in [2.45, 2.75) is 52.4 Å². The Morgan fingerprint density at radius 1 is 1.31 bits per heavy atom. The van der Waals surface area contributed by atoms with Gasteiger partial charge in [0.2, 0.25) is 5.91 Å². The van der Waals surface area contributed by atoms with E-state index in [1.165, 1.54) is 5.56 Å². The van der Waals surface area contributed by atoms with E-state index >= 15 is 0 Å². The molecule has 0 bridgehead atoms. The minimum absolute atomic E-state index is 0. The van der Waals surface area contributed by atoms with Gasteiger partial charge in [0.1, 0.15) is 5.75 Å². The van der Waals surface area contributed by atoms with Crippen LogP contribution in [0.4, 0.5) is 0 Å². The third-order valence-electron chi connectivity index (χ3n) is 5.00. The molecule has 1 saturated heterocycles. The Balaban J connectivity index is 0.00000420. The highest BCUT2D eigenvalue weighted by Gasteiger charge is 2.23. The Bertz CT molecular complexity index is 622. The number of rotatable bonds is 10. The zero-order chi connectivity index (χ0) is 20.2. The molecule has 1 heterocycles. The number of benzene rings is 1. The van der Waals surface area contributed by atoms with Gasteiger partial charge in [-0.05, 0) is 56.2 Å². The van der Waals surface area contributed by atoms with Gasteiger partial charge in [-0.25, -0.2) is 0 Å². The fourth-order valence-corrected chi connectivity index (χ4v) is 3.51. The number of hydrogen-bond donors (Lipinski definition) is 2. The largest absolute Gasteiger partial charge is 0.494 e. The molecule has 1 aliphatic heterocycles. The standard InChI is InChI=1S/C22H36N4O2.HI/c1-3-5-15-28-20-10-8-18(9-11-20)12-13-25-22(24-4-2)26-14-6-7-19(17-26)16-21(23)27;/h8-11,19H,3-7,12-17H2,1-2H3,(H2,23,27)(H,24,25);1H. The summed E-state index contributed by atoms with van der Waals surface area (Å²) >= 11 is 0. The van der Waals surface area contributed by atoms with E-state index in [4.69, 9.17) is 15.5 Å². The van der Waals surface area contributed by atoms with Crippen molar-refractivity contribution in [3.05, 3.63) is 29.8 Å². The van der Waals surface area contributed by atoms with E-state index < -0.39 is 0 Å². The summed E-state index contributed by atoms with van der Waals surface area (Å²) in [4.78, 5) is 18.3. The third-order valence-corrected chi connectivity index (χ3v) is 5.00. The Hall–Kier alpha value is -1.51. The van der Waals surface area contributed by atoms with Crippen molar-refractivity contribution in [1.29, 1.82) is 0 Å². The lowest BCUT2D eigenvalue weighted by Gasteiger charge is -2.34. The van der Waals surface area contributed by atoms with Gasteiger partial charge in [0, 0.05) is 32.6 Å². The molecule has 1 aromatic carbocycles. The van der Waals surface area contributed by atoms with E-state index in [0.29, 0.717) is 12.3 Å². The highest BCUT2D eigenvalue weighted by Crippen LogP contribution is 2.19. The molecule has 1 unspecified atom stereocenters. The van der Waals surface area contributed by atoms with Crippen LogP contribution in [0.5, 0.6) is 5.75 Å². The molecule has 1 aromatic rings. The van der Waals surface area contributed by atoms with Crippen LogP contribution in [0.15, 0.2) is 29.3 Å². The van der Waals surface area contributed by atoms with Crippen LogP contribution >= 0.6 is 24.0 Å². The van der Waals surface area contributed by atoms with Gasteiger partial charge in [0.15, 0.2) is 5.96 Å². The first-order valence-electron chi connectivity index (χ1n) is 10.7. The van der Waals surface area contributed by atoms with Gasteiger partial charge in [0.25, 0.3) is 0 Å². The Labute approximate surface area is 192 Å². The Morgan fingerprint density at radius 2 is 2.07 bits per heavy atom. The minimum atomic E-state index is -0.212. The van der Waals surface area contributed by atoms with Gasteiger partial charge in [-0.15, -0.1) is 24.0 Å². The second-order valence-corrected chi connectivity index (χ2v) is 7.46. The third kappa shape index (κ3) is 9.69. The second-order valence-electron chi connectivity index (χ2n) is 7.46. The predicted octanol–water partition coefficient (Wildman–Crippen LogP) is 3.58. The minimum Gasteiger partial charge on any atom is -0.494 e. The molecule has 1 aliphatic rings. The summed E-state index contributed by atoms with van der Waals surface area (Å²) in [6.07, 6.45) is 5.71. The number of carbonyl (C=O) groups is 1. The van der Waals surface area contributed by atoms with Crippen LogP contribution in [0.1, 0.15) is 51.5 Å². The molecule has 2 rings (SSSR count). The highest BCUT2D eigenvalue weighted by atomic mass is 127. The first kappa shape index (κ1) is 25.5. The molecule has 1 amide bonds. The molecule has 0 spiro atoms. The lowest BCUT2D eigenvalue weighted by molar-refractivity contribution is -0.119. The summed E-state index contributed by atoms with van der Waals surface area (Å²) in [6, 6.07) is 8.32. The summed E-state index contributed by atoms with van der Waals surface area (Å²) in [5, 5.41) is 3.39. The normalized spacial score (nSPS) is 16.8. The van der Waals surface area contributed by atoms with Gasteiger partial charge < -0.3 is 20.7 Å². The molecule has 7 heteroatoms. The number of nitrogens with zero attached hydrogens (tertiary/aromatic N) is 2. The zero-order valence-corrected chi connectivity index (χ0v) is 20.2. The topological polar surface area (TPSA) is 79.9 Å². The number of guanidine groups is 1. The molecule has 0 radical (unpaired) electrons. The molecule has 164 valence electrons. The summed E-state index contributed by atoms with van der Waals surface area (Å²) in [7, 11) is 0. The fraction of sp³-hybridized carbons (Fsp3) is 0.636. The SMILES string of the molecule is CCCCOc1ccc(CCN=C(NCC)N2CCCC(CC(N)=O)C2)cc1.I.